The second kappa shape index (κ2) is 9.93. The lowest BCUT2D eigenvalue weighted by Crippen LogP contribution is -2.43. The molecule has 0 radical (unpaired) electrons. The van der Waals surface area contributed by atoms with Crippen molar-refractivity contribution in [3.63, 3.8) is 0 Å². The van der Waals surface area contributed by atoms with Gasteiger partial charge >= 0.3 is 0 Å². The normalized spacial score (nSPS) is 11.5. The molecule has 1 amide bonds. The number of hydrogen-bond donors (Lipinski definition) is 1. The minimum atomic E-state index is -0.0806. The van der Waals surface area contributed by atoms with Gasteiger partial charge in [0, 0.05) is 17.3 Å². The molecule has 2 nitrogen and oxygen atoms in total. The number of amides is 1. The standard InChI is InChI=1S/C14H28BrNO/c1-4-5-6-7-8-9-10-13(17)16-14(2,3)11-12-15/h4-12H2,1-3H3,(H,16,17). The monoisotopic (exact) mass is 305 g/mol. The van der Waals surface area contributed by atoms with Gasteiger partial charge in [0.05, 0.1) is 0 Å². The van der Waals surface area contributed by atoms with Crippen molar-refractivity contribution < 1.29 is 4.79 Å². The van der Waals surface area contributed by atoms with Gasteiger partial charge in [-0.3, -0.25) is 4.79 Å². The minimum absolute atomic E-state index is 0.0806. The first kappa shape index (κ1) is 16.9. The summed E-state index contributed by atoms with van der Waals surface area (Å²) in [6, 6.07) is 0. The van der Waals surface area contributed by atoms with Crippen LogP contribution in [-0.2, 0) is 4.79 Å². The van der Waals surface area contributed by atoms with Gasteiger partial charge < -0.3 is 5.32 Å². The predicted octanol–water partition coefficient (Wildman–Crippen LogP) is 4.42. The molecule has 0 rings (SSSR count). The lowest BCUT2D eigenvalue weighted by molar-refractivity contribution is -0.122. The van der Waals surface area contributed by atoms with Gasteiger partial charge in [-0.1, -0.05) is 55.0 Å². The van der Waals surface area contributed by atoms with Gasteiger partial charge in [-0.05, 0) is 26.7 Å². The van der Waals surface area contributed by atoms with Crippen LogP contribution in [0.15, 0.2) is 0 Å². The van der Waals surface area contributed by atoms with Gasteiger partial charge in [-0.2, -0.15) is 0 Å². The zero-order chi connectivity index (χ0) is 13.1. The number of unbranched alkanes of at least 4 members (excludes halogenated alkanes) is 5. The van der Waals surface area contributed by atoms with Gasteiger partial charge in [-0.15, -0.1) is 0 Å². The van der Waals surface area contributed by atoms with Crippen molar-refractivity contribution in [2.45, 2.75) is 77.7 Å². The molecule has 102 valence electrons. The largest absolute Gasteiger partial charge is 0.351 e. The fourth-order valence-corrected chi connectivity index (χ4v) is 2.80. The summed E-state index contributed by atoms with van der Waals surface area (Å²) < 4.78 is 0. The van der Waals surface area contributed by atoms with Crippen LogP contribution in [0.4, 0.5) is 0 Å². The first-order valence-electron chi connectivity index (χ1n) is 6.89. The van der Waals surface area contributed by atoms with E-state index in [1.807, 2.05) is 0 Å². The third-order valence-electron chi connectivity index (χ3n) is 2.95. The zero-order valence-electron chi connectivity index (χ0n) is 11.7. The SMILES string of the molecule is CCCCCCCCC(=O)NC(C)(C)CCBr. The Morgan fingerprint density at radius 3 is 2.29 bits per heavy atom. The number of alkyl halides is 1. The fourth-order valence-electron chi connectivity index (χ4n) is 1.80. The van der Waals surface area contributed by atoms with Gasteiger partial charge in [0.15, 0.2) is 0 Å². The lowest BCUT2D eigenvalue weighted by Gasteiger charge is -2.25. The van der Waals surface area contributed by atoms with E-state index in [4.69, 9.17) is 0 Å². The molecule has 0 aliphatic carbocycles. The first-order chi connectivity index (χ1) is 8.02. The summed E-state index contributed by atoms with van der Waals surface area (Å²) in [6.07, 6.45) is 9.05. The quantitative estimate of drug-likeness (QED) is 0.470. The van der Waals surface area contributed by atoms with Crippen molar-refractivity contribution in [1.82, 2.24) is 5.32 Å². The van der Waals surface area contributed by atoms with E-state index in [9.17, 15) is 4.79 Å². The number of carbonyl (C=O) groups is 1. The molecule has 0 saturated carbocycles. The molecule has 0 atom stereocenters. The molecule has 0 aromatic rings. The van der Waals surface area contributed by atoms with Crippen molar-refractivity contribution in [2.75, 3.05) is 5.33 Å². The maximum Gasteiger partial charge on any atom is 0.220 e. The summed E-state index contributed by atoms with van der Waals surface area (Å²) in [5.41, 5.74) is -0.0806. The van der Waals surface area contributed by atoms with Crippen LogP contribution in [0.1, 0.15) is 72.1 Å². The molecule has 0 aliphatic heterocycles. The van der Waals surface area contributed by atoms with Crippen LogP contribution in [0.3, 0.4) is 0 Å². The van der Waals surface area contributed by atoms with Crippen LogP contribution in [-0.4, -0.2) is 16.8 Å². The van der Waals surface area contributed by atoms with Crippen molar-refractivity contribution in [3.8, 4) is 0 Å². The van der Waals surface area contributed by atoms with Crippen LogP contribution in [0.25, 0.3) is 0 Å². The highest BCUT2D eigenvalue weighted by Gasteiger charge is 2.18. The second-order valence-corrected chi connectivity index (χ2v) is 6.18. The molecule has 0 fully saturated rings. The molecule has 3 heteroatoms. The molecular weight excluding hydrogens is 278 g/mol. The maximum atomic E-state index is 11.7. The Bertz CT molecular complexity index is 204. The van der Waals surface area contributed by atoms with E-state index in [0.717, 1.165) is 18.2 Å². The summed E-state index contributed by atoms with van der Waals surface area (Å²) in [4.78, 5) is 11.7. The topological polar surface area (TPSA) is 29.1 Å². The second-order valence-electron chi connectivity index (χ2n) is 5.39. The molecule has 17 heavy (non-hydrogen) atoms. The number of halogens is 1. The summed E-state index contributed by atoms with van der Waals surface area (Å²) in [5.74, 6) is 0.200. The molecule has 0 saturated heterocycles. The van der Waals surface area contributed by atoms with E-state index >= 15 is 0 Å². The Morgan fingerprint density at radius 2 is 1.71 bits per heavy atom. The number of rotatable bonds is 10. The predicted molar refractivity (Wildman–Crippen MR) is 78.6 cm³/mol. The van der Waals surface area contributed by atoms with E-state index < -0.39 is 0 Å². The molecule has 0 aromatic heterocycles. The van der Waals surface area contributed by atoms with Gasteiger partial charge in [0.1, 0.15) is 0 Å². The molecule has 1 N–H and O–H groups in total. The Morgan fingerprint density at radius 1 is 1.12 bits per heavy atom. The highest BCUT2D eigenvalue weighted by atomic mass is 79.9. The molecule has 0 bridgehead atoms. The van der Waals surface area contributed by atoms with Crippen molar-refractivity contribution >= 4 is 21.8 Å². The molecule has 0 heterocycles. The van der Waals surface area contributed by atoms with E-state index in [0.29, 0.717) is 6.42 Å². The van der Waals surface area contributed by atoms with Gasteiger partial charge in [0.25, 0.3) is 0 Å². The van der Waals surface area contributed by atoms with Crippen LogP contribution in [0.2, 0.25) is 0 Å². The van der Waals surface area contributed by atoms with Crippen molar-refractivity contribution in [1.29, 1.82) is 0 Å². The Labute approximate surface area is 115 Å². The molecular formula is C14H28BrNO. The minimum Gasteiger partial charge on any atom is -0.351 e. The summed E-state index contributed by atoms with van der Waals surface area (Å²) in [7, 11) is 0. The van der Waals surface area contributed by atoms with Crippen LogP contribution in [0, 0.1) is 0 Å². The third-order valence-corrected chi connectivity index (χ3v) is 3.35. The number of carbonyl (C=O) groups excluding carboxylic acids is 1. The highest BCUT2D eigenvalue weighted by Crippen LogP contribution is 2.11. The van der Waals surface area contributed by atoms with E-state index in [1.54, 1.807) is 0 Å². The Kier molecular flexibility index (Phi) is 9.90. The molecule has 0 aliphatic rings. The molecule has 0 spiro atoms. The van der Waals surface area contributed by atoms with Crippen LogP contribution < -0.4 is 5.32 Å². The Hall–Kier alpha value is -0.0500. The van der Waals surface area contributed by atoms with Crippen LogP contribution >= 0.6 is 15.9 Å². The average molecular weight is 306 g/mol. The summed E-state index contributed by atoms with van der Waals surface area (Å²) in [5, 5.41) is 4.02. The third kappa shape index (κ3) is 10.8. The summed E-state index contributed by atoms with van der Waals surface area (Å²) >= 11 is 3.41. The zero-order valence-corrected chi connectivity index (χ0v) is 13.2. The molecule has 0 aromatic carbocycles. The van der Waals surface area contributed by atoms with E-state index in [-0.39, 0.29) is 11.4 Å². The van der Waals surface area contributed by atoms with E-state index in [1.165, 1.54) is 32.1 Å². The van der Waals surface area contributed by atoms with E-state index in [2.05, 4.69) is 42.0 Å². The van der Waals surface area contributed by atoms with Gasteiger partial charge in [0.2, 0.25) is 5.91 Å². The van der Waals surface area contributed by atoms with Crippen molar-refractivity contribution in [2.24, 2.45) is 0 Å². The number of hydrogen-bond acceptors (Lipinski definition) is 1. The van der Waals surface area contributed by atoms with Crippen molar-refractivity contribution in [3.05, 3.63) is 0 Å². The van der Waals surface area contributed by atoms with Crippen LogP contribution in [0.5, 0.6) is 0 Å². The maximum absolute atomic E-state index is 11.7. The smallest absolute Gasteiger partial charge is 0.220 e. The Balaban J connectivity index is 3.52. The van der Waals surface area contributed by atoms with Gasteiger partial charge in [-0.25, -0.2) is 0 Å². The highest BCUT2D eigenvalue weighted by molar-refractivity contribution is 9.09. The lowest BCUT2D eigenvalue weighted by atomic mass is 10.0. The average Bonchev–Trinajstić information content (AvgIpc) is 2.22. The summed E-state index contributed by atoms with van der Waals surface area (Å²) in [6.45, 7) is 6.38. The first-order valence-corrected chi connectivity index (χ1v) is 8.01. The molecule has 0 unspecified atom stereocenters. The number of nitrogens with one attached hydrogen (secondary N) is 1. The fraction of sp³-hybridized carbons (Fsp3) is 0.929.